The third-order valence-corrected chi connectivity index (χ3v) is 4.87. The molecule has 110 valence electrons. The topological polar surface area (TPSA) is 40.5 Å². The Morgan fingerprint density at radius 3 is 2.70 bits per heavy atom. The fraction of sp³-hybridized carbons (Fsp3) is 0.533. The van der Waals surface area contributed by atoms with Crippen molar-refractivity contribution in [1.29, 1.82) is 0 Å². The van der Waals surface area contributed by atoms with Crippen molar-refractivity contribution in [2.45, 2.75) is 36.2 Å². The fourth-order valence-corrected chi connectivity index (χ4v) is 3.34. The number of carbonyl (C=O) groups excluding carboxylic acids is 1. The second-order valence-corrected chi connectivity index (χ2v) is 6.73. The number of benzene rings is 1. The lowest BCUT2D eigenvalue weighted by atomic mass is 10.0. The van der Waals surface area contributed by atoms with Crippen LogP contribution in [-0.2, 0) is 0 Å². The summed E-state index contributed by atoms with van der Waals surface area (Å²) in [6.45, 7) is 0.367. The first kappa shape index (κ1) is 15.7. The molecule has 1 fully saturated rings. The van der Waals surface area contributed by atoms with E-state index < -0.39 is 5.60 Å². The van der Waals surface area contributed by atoms with E-state index >= 15 is 0 Å². The normalized spacial score (nSPS) is 17.2. The predicted octanol–water partition coefficient (Wildman–Crippen LogP) is 3.44. The van der Waals surface area contributed by atoms with Crippen molar-refractivity contribution in [2.24, 2.45) is 0 Å². The average Bonchev–Trinajstić information content (AvgIpc) is 2.85. The maximum atomic E-state index is 12.5. The summed E-state index contributed by atoms with van der Waals surface area (Å²) in [4.78, 5) is 15.1. The first-order chi connectivity index (χ1) is 9.45. The van der Waals surface area contributed by atoms with Crippen molar-refractivity contribution in [3.63, 3.8) is 0 Å². The minimum absolute atomic E-state index is 0.133. The molecule has 0 saturated heterocycles. The Morgan fingerprint density at radius 2 is 2.10 bits per heavy atom. The van der Waals surface area contributed by atoms with Crippen LogP contribution < -0.4 is 0 Å². The van der Waals surface area contributed by atoms with Crippen molar-refractivity contribution >= 4 is 29.3 Å². The predicted molar refractivity (Wildman–Crippen MR) is 83.6 cm³/mol. The zero-order valence-corrected chi connectivity index (χ0v) is 13.4. The zero-order chi connectivity index (χ0) is 14.8. The van der Waals surface area contributed by atoms with Gasteiger partial charge in [-0.2, -0.15) is 0 Å². The van der Waals surface area contributed by atoms with Gasteiger partial charge in [-0.3, -0.25) is 4.79 Å². The van der Waals surface area contributed by atoms with Crippen LogP contribution in [0, 0.1) is 0 Å². The second-order valence-electron chi connectivity index (χ2n) is 5.44. The van der Waals surface area contributed by atoms with E-state index in [-0.39, 0.29) is 5.91 Å². The summed E-state index contributed by atoms with van der Waals surface area (Å²) in [6, 6.07) is 5.46. The highest BCUT2D eigenvalue weighted by Gasteiger charge is 2.33. The molecule has 1 aliphatic rings. The van der Waals surface area contributed by atoms with Gasteiger partial charge in [0, 0.05) is 18.5 Å². The molecule has 0 atom stereocenters. The summed E-state index contributed by atoms with van der Waals surface area (Å²) in [5.41, 5.74) is -0.226. The molecular formula is C15H20ClNO2S. The number of thioether (sulfide) groups is 1. The molecule has 3 nitrogen and oxygen atoms in total. The van der Waals surface area contributed by atoms with Gasteiger partial charge in [0.2, 0.25) is 0 Å². The van der Waals surface area contributed by atoms with Gasteiger partial charge in [-0.1, -0.05) is 24.4 Å². The van der Waals surface area contributed by atoms with E-state index in [2.05, 4.69) is 0 Å². The van der Waals surface area contributed by atoms with E-state index in [1.807, 2.05) is 18.4 Å². The molecule has 0 aromatic heterocycles. The maximum Gasteiger partial charge on any atom is 0.255 e. The third-order valence-electron chi connectivity index (χ3n) is 3.82. The van der Waals surface area contributed by atoms with Gasteiger partial charge >= 0.3 is 0 Å². The van der Waals surface area contributed by atoms with Gasteiger partial charge in [0.15, 0.2) is 0 Å². The van der Waals surface area contributed by atoms with Crippen LogP contribution in [0.25, 0.3) is 0 Å². The van der Waals surface area contributed by atoms with Crippen molar-refractivity contribution in [3.8, 4) is 0 Å². The number of aliphatic hydroxyl groups is 1. The van der Waals surface area contributed by atoms with Crippen LogP contribution in [0.1, 0.15) is 36.0 Å². The Balaban J connectivity index is 2.14. The highest BCUT2D eigenvalue weighted by atomic mass is 35.5. The Bertz CT molecular complexity index is 501. The summed E-state index contributed by atoms with van der Waals surface area (Å²) >= 11 is 7.70. The lowest BCUT2D eigenvalue weighted by Crippen LogP contribution is -2.42. The van der Waals surface area contributed by atoms with E-state index in [1.54, 1.807) is 29.8 Å². The Kier molecular flexibility index (Phi) is 4.99. The molecule has 1 aromatic rings. The number of likely N-dealkylation sites (N-methyl/N-ethyl adjacent to an activating group) is 1. The summed E-state index contributed by atoms with van der Waals surface area (Å²) in [7, 11) is 1.72. The number of nitrogens with zero attached hydrogens (tertiary/aromatic N) is 1. The first-order valence-electron chi connectivity index (χ1n) is 6.76. The summed E-state index contributed by atoms with van der Waals surface area (Å²) in [6.07, 6.45) is 5.55. The van der Waals surface area contributed by atoms with E-state index in [0.29, 0.717) is 17.1 Å². The molecule has 2 rings (SSSR count). The molecule has 0 spiro atoms. The minimum atomic E-state index is -0.728. The highest BCUT2D eigenvalue weighted by molar-refractivity contribution is 7.98. The largest absolute Gasteiger partial charge is 0.388 e. The number of amides is 1. The van der Waals surface area contributed by atoms with Gasteiger partial charge in [0.1, 0.15) is 0 Å². The van der Waals surface area contributed by atoms with Gasteiger partial charge < -0.3 is 10.0 Å². The number of hydrogen-bond donors (Lipinski definition) is 1. The van der Waals surface area contributed by atoms with Crippen molar-refractivity contribution in [2.75, 3.05) is 19.8 Å². The van der Waals surface area contributed by atoms with Gasteiger partial charge in [-0.25, -0.2) is 0 Å². The molecule has 0 radical (unpaired) electrons. The lowest BCUT2D eigenvalue weighted by Gasteiger charge is -2.29. The van der Waals surface area contributed by atoms with Crippen LogP contribution in [-0.4, -0.2) is 41.4 Å². The molecule has 1 N–H and O–H groups in total. The van der Waals surface area contributed by atoms with Gasteiger partial charge in [0.25, 0.3) is 5.91 Å². The van der Waals surface area contributed by atoms with Crippen LogP contribution in [0.5, 0.6) is 0 Å². The molecule has 1 amide bonds. The van der Waals surface area contributed by atoms with Crippen LogP contribution in [0.3, 0.4) is 0 Å². The average molecular weight is 314 g/mol. The third kappa shape index (κ3) is 3.48. The molecular weight excluding hydrogens is 294 g/mol. The molecule has 1 aromatic carbocycles. The van der Waals surface area contributed by atoms with Crippen LogP contribution in [0.4, 0.5) is 0 Å². The quantitative estimate of drug-likeness (QED) is 0.866. The van der Waals surface area contributed by atoms with Crippen LogP contribution >= 0.6 is 23.4 Å². The summed E-state index contributed by atoms with van der Waals surface area (Å²) < 4.78 is 0. The molecule has 0 heterocycles. The van der Waals surface area contributed by atoms with Gasteiger partial charge in [0.05, 0.1) is 16.2 Å². The fourth-order valence-electron chi connectivity index (χ4n) is 2.71. The Morgan fingerprint density at radius 1 is 1.45 bits per heavy atom. The summed E-state index contributed by atoms with van der Waals surface area (Å²) in [5.74, 6) is -0.133. The number of halogens is 1. The van der Waals surface area contributed by atoms with E-state index in [9.17, 15) is 9.90 Å². The molecule has 0 unspecified atom stereocenters. The minimum Gasteiger partial charge on any atom is -0.388 e. The Hall–Kier alpha value is -0.710. The molecule has 1 saturated carbocycles. The molecule has 0 bridgehead atoms. The van der Waals surface area contributed by atoms with Crippen molar-refractivity contribution in [3.05, 3.63) is 28.8 Å². The standard InChI is InChI=1S/C15H20ClNO2S/c1-17(10-15(19)7-3-4-8-15)14(18)12-9-11(20-2)5-6-13(12)16/h5-6,9,19H,3-4,7-8,10H2,1-2H3. The van der Waals surface area contributed by atoms with Gasteiger partial charge in [-0.15, -0.1) is 11.8 Å². The molecule has 0 aliphatic heterocycles. The summed E-state index contributed by atoms with van der Waals surface area (Å²) in [5, 5.41) is 10.9. The van der Waals surface area contributed by atoms with Crippen molar-refractivity contribution in [1.82, 2.24) is 4.90 Å². The number of rotatable bonds is 4. The monoisotopic (exact) mass is 313 g/mol. The van der Waals surface area contributed by atoms with E-state index in [4.69, 9.17) is 11.6 Å². The maximum absolute atomic E-state index is 12.5. The Labute approximate surface area is 129 Å². The lowest BCUT2D eigenvalue weighted by molar-refractivity contribution is 0.0157. The second kappa shape index (κ2) is 6.37. The smallest absolute Gasteiger partial charge is 0.255 e. The molecule has 1 aliphatic carbocycles. The van der Waals surface area contributed by atoms with Crippen LogP contribution in [0.2, 0.25) is 5.02 Å². The SMILES string of the molecule is CSc1ccc(Cl)c(C(=O)N(C)CC2(O)CCCC2)c1. The zero-order valence-electron chi connectivity index (χ0n) is 11.9. The number of carbonyl (C=O) groups is 1. The number of hydrogen-bond acceptors (Lipinski definition) is 3. The van der Waals surface area contributed by atoms with Gasteiger partial charge in [-0.05, 0) is 37.3 Å². The first-order valence-corrected chi connectivity index (χ1v) is 8.37. The highest BCUT2D eigenvalue weighted by Crippen LogP contribution is 2.31. The van der Waals surface area contributed by atoms with Crippen LogP contribution in [0.15, 0.2) is 23.1 Å². The van der Waals surface area contributed by atoms with E-state index in [1.165, 1.54) is 0 Å². The molecule has 20 heavy (non-hydrogen) atoms. The van der Waals surface area contributed by atoms with E-state index in [0.717, 1.165) is 30.6 Å². The van der Waals surface area contributed by atoms with Crippen molar-refractivity contribution < 1.29 is 9.90 Å². The molecule has 5 heteroatoms.